The molecule has 0 saturated carbocycles. The van der Waals surface area contributed by atoms with Gasteiger partial charge in [-0.15, -0.1) is 11.3 Å². The summed E-state index contributed by atoms with van der Waals surface area (Å²) in [5.41, 5.74) is 0.849. The van der Waals surface area contributed by atoms with Crippen molar-refractivity contribution in [2.24, 2.45) is 5.92 Å². The first-order valence-corrected chi connectivity index (χ1v) is 10.9. The Hall–Kier alpha value is -1.90. The van der Waals surface area contributed by atoms with Crippen molar-refractivity contribution in [3.05, 3.63) is 47.3 Å². The fraction of sp³-hybridized carbons (Fsp3) is 0.389. The van der Waals surface area contributed by atoms with Crippen LogP contribution in [0.25, 0.3) is 0 Å². The van der Waals surface area contributed by atoms with Gasteiger partial charge >= 0.3 is 0 Å². The van der Waals surface area contributed by atoms with Crippen LogP contribution in [0.1, 0.15) is 23.7 Å². The number of rotatable bonds is 7. The third kappa shape index (κ3) is 4.44. The van der Waals surface area contributed by atoms with Gasteiger partial charge in [0.1, 0.15) is 4.21 Å². The summed E-state index contributed by atoms with van der Waals surface area (Å²) in [5.74, 6) is 0.260. The topological polar surface area (TPSA) is 75.7 Å². The molecule has 1 aromatic heterocycles. The number of carbonyl (C=O) groups is 1. The molecule has 26 heavy (non-hydrogen) atoms. The Morgan fingerprint density at radius 1 is 1.35 bits per heavy atom. The van der Waals surface area contributed by atoms with Crippen LogP contribution in [0.2, 0.25) is 0 Å². The highest BCUT2D eigenvalue weighted by atomic mass is 32.2. The van der Waals surface area contributed by atoms with E-state index in [2.05, 4.69) is 4.72 Å². The number of nitrogens with one attached hydrogen (secondary N) is 1. The van der Waals surface area contributed by atoms with Crippen LogP contribution in [0.3, 0.4) is 0 Å². The molecule has 0 aliphatic carbocycles. The predicted molar refractivity (Wildman–Crippen MR) is 102 cm³/mol. The van der Waals surface area contributed by atoms with E-state index in [0.29, 0.717) is 36.9 Å². The minimum Gasteiger partial charge on any atom is -0.381 e. The second kappa shape index (κ2) is 8.20. The van der Waals surface area contributed by atoms with Crippen LogP contribution < -0.4 is 4.72 Å². The minimum absolute atomic E-state index is 0.100. The first-order valence-electron chi connectivity index (χ1n) is 8.53. The summed E-state index contributed by atoms with van der Waals surface area (Å²) in [6, 6.07) is 9.85. The van der Waals surface area contributed by atoms with Crippen molar-refractivity contribution in [1.82, 2.24) is 4.90 Å². The number of hydrogen-bond acceptors (Lipinski definition) is 5. The number of amides is 1. The van der Waals surface area contributed by atoms with E-state index >= 15 is 0 Å². The van der Waals surface area contributed by atoms with E-state index in [4.69, 9.17) is 4.74 Å². The molecule has 1 saturated heterocycles. The van der Waals surface area contributed by atoms with Crippen LogP contribution in [0.5, 0.6) is 0 Å². The van der Waals surface area contributed by atoms with Gasteiger partial charge in [0.15, 0.2) is 0 Å². The second-order valence-electron chi connectivity index (χ2n) is 6.19. The molecule has 1 aromatic carbocycles. The fourth-order valence-corrected chi connectivity index (χ4v) is 4.96. The summed E-state index contributed by atoms with van der Waals surface area (Å²) >= 11 is 1.15. The number of hydrogen-bond donors (Lipinski definition) is 1. The summed E-state index contributed by atoms with van der Waals surface area (Å²) in [5, 5.41) is 1.71. The summed E-state index contributed by atoms with van der Waals surface area (Å²) in [4.78, 5) is 14.6. The van der Waals surface area contributed by atoms with Crippen molar-refractivity contribution in [3.63, 3.8) is 0 Å². The Bertz CT molecular complexity index is 844. The Labute approximate surface area is 157 Å². The summed E-state index contributed by atoms with van der Waals surface area (Å²) in [6.07, 6.45) is 0.963. The third-order valence-electron chi connectivity index (χ3n) is 4.29. The fourth-order valence-electron chi connectivity index (χ4n) is 2.91. The van der Waals surface area contributed by atoms with E-state index in [0.717, 1.165) is 24.4 Å². The third-order valence-corrected chi connectivity index (χ3v) is 7.07. The molecule has 140 valence electrons. The average molecular weight is 395 g/mol. The molecule has 0 spiro atoms. The highest BCUT2D eigenvalue weighted by Crippen LogP contribution is 2.22. The molecule has 1 unspecified atom stereocenters. The number of nitrogens with zero attached hydrogens (tertiary/aromatic N) is 1. The number of benzene rings is 1. The Kier molecular flexibility index (Phi) is 5.95. The molecule has 6 nitrogen and oxygen atoms in total. The zero-order valence-electron chi connectivity index (χ0n) is 14.6. The maximum atomic E-state index is 12.8. The highest BCUT2D eigenvalue weighted by Gasteiger charge is 2.23. The zero-order valence-corrected chi connectivity index (χ0v) is 16.2. The second-order valence-corrected chi connectivity index (χ2v) is 9.05. The van der Waals surface area contributed by atoms with Gasteiger partial charge in [-0.25, -0.2) is 8.42 Å². The average Bonchev–Trinajstić information content (AvgIpc) is 3.33. The molecule has 1 aliphatic heterocycles. The zero-order chi connectivity index (χ0) is 18.6. The maximum absolute atomic E-state index is 12.8. The molecule has 1 aliphatic rings. The van der Waals surface area contributed by atoms with E-state index in [9.17, 15) is 13.2 Å². The van der Waals surface area contributed by atoms with Crippen LogP contribution in [-0.4, -0.2) is 45.5 Å². The normalized spacial score (nSPS) is 17.2. The van der Waals surface area contributed by atoms with Crippen LogP contribution in [0, 0.1) is 5.92 Å². The van der Waals surface area contributed by atoms with E-state index in [1.165, 1.54) is 0 Å². The predicted octanol–water partition coefficient (Wildman–Crippen LogP) is 3.05. The molecule has 1 fully saturated rings. The number of ether oxygens (including phenoxy) is 1. The molecule has 2 heterocycles. The van der Waals surface area contributed by atoms with Crippen molar-refractivity contribution >= 4 is 33.0 Å². The Morgan fingerprint density at radius 2 is 2.19 bits per heavy atom. The van der Waals surface area contributed by atoms with E-state index in [1.54, 1.807) is 46.7 Å². The first kappa shape index (κ1) is 18.9. The van der Waals surface area contributed by atoms with Crippen molar-refractivity contribution < 1.29 is 17.9 Å². The van der Waals surface area contributed by atoms with Gasteiger partial charge in [-0.1, -0.05) is 12.1 Å². The standard InChI is InChI=1S/C18H22N2O4S2/c1-2-20(12-14-8-9-24-13-14)18(21)15-5-3-6-16(11-15)19-26(22,23)17-7-4-10-25-17/h3-7,10-11,14,19H,2,8-9,12-13H2,1H3. The molecule has 3 rings (SSSR count). The molecule has 1 atom stereocenters. The first-order chi connectivity index (χ1) is 12.5. The van der Waals surface area contributed by atoms with Crippen LogP contribution in [0.15, 0.2) is 46.0 Å². The molecule has 0 radical (unpaired) electrons. The van der Waals surface area contributed by atoms with Crippen LogP contribution in [-0.2, 0) is 14.8 Å². The quantitative estimate of drug-likeness (QED) is 0.783. The van der Waals surface area contributed by atoms with Gasteiger partial charge in [0.05, 0.1) is 6.61 Å². The summed E-state index contributed by atoms with van der Waals surface area (Å²) in [7, 11) is -3.63. The lowest BCUT2D eigenvalue weighted by atomic mass is 10.1. The molecule has 1 N–H and O–H groups in total. The Balaban J connectivity index is 1.74. The lowest BCUT2D eigenvalue weighted by Gasteiger charge is -2.24. The van der Waals surface area contributed by atoms with Crippen LogP contribution >= 0.6 is 11.3 Å². The number of carbonyl (C=O) groups excluding carboxylic acids is 1. The van der Waals surface area contributed by atoms with Crippen LogP contribution in [0.4, 0.5) is 5.69 Å². The van der Waals surface area contributed by atoms with Crippen molar-refractivity contribution in [1.29, 1.82) is 0 Å². The van der Waals surface area contributed by atoms with E-state index in [-0.39, 0.29) is 10.1 Å². The number of thiophene rings is 1. The molecular formula is C18H22N2O4S2. The summed E-state index contributed by atoms with van der Waals surface area (Å²) < 4.78 is 32.9. The van der Waals surface area contributed by atoms with Gasteiger partial charge in [-0.3, -0.25) is 9.52 Å². The smallest absolute Gasteiger partial charge is 0.271 e. The lowest BCUT2D eigenvalue weighted by Crippen LogP contribution is -2.35. The van der Waals surface area contributed by atoms with Gasteiger partial charge in [0, 0.05) is 36.9 Å². The van der Waals surface area contributed by atoms with Gasteiger partial charge in [0.25, 0.3) is 15.9 Å². The molecule has 0 bridgehead atoms. The number of anilines is 1. The minimum atomic E-state index is -3.63. The SMILES string of the molecule is CCN(CC1CCOC1)C(=O)c1cccc(NS(=O)(=O)c2cccs2)c1. The number of sulfonamides is 1. The van der Waals surface area contributed by atoms with Crippen molar-refractivity contribution in [2.45, 2.75) is 17.6 Å². The highest BCUT2D eigenvalue weighted by molar-refractivity contribution is 7.94. The largest absolute Gasteiger partial charge is 0.381 e. The summed E-state index contributed by atoms with van der Waals surface area (Å²) in [6.45, 7) is 4.62. The lowest BCUT2D eigenvalue weighted by molar-refractivity contribution is 0.0731. The molecule has 2 aromatic rings. The Morgan fingerprint density at radius 3 is 2.85 bits per heavy atom. The van der Waals surface area contributed by atoms with Gasteiger partial charge < -0.3 is 9.64 Å². The molecular weight excluding hydrogens is 372 g/mol. The van der Waals surface area contributed by atoms with Crippen molar-refractivity contribution in [3.8, 4) is 0 Å². The maximum Gasteiger partial charge on any atom is 0.271 e. The van der Waals surface area contributed by atoms with Gasteiger partial charge in [-0.05, 0) is 43.0 Å². The van der Waals surface area contributed by atoms with E-state index < -0.39 is 10.0 Å². The van der Waals surface area contributed by atoms with Gasteiger partial charge in [-0.2, -0.15) is 0 Å². The van der Waals surface area contributed by atoms with Crippen molar-refractivity contribution in [2.75, 3.05) is 31.0 Å². The van der Waals surface area contributed by atoms with Gasteiger partial charge in [0.2, 0.25) is 0 Å². The van der Waals surface area contributed by atoms with E-state index in [1.807, 2.05) is 6.92 Å². The molecule has 1 amide bonds. The molecule has 8 heteroatoms. The monoisotopic (exact) mass is 394 g/mol.